The number of aromatic amines is 1. The SMILES string of the molecule is CC(=O)O.Oc1c[nH]c2ccccc12. The lowest BCUT2D eigenvalue weighted by Crippen LogP contribution is -1.78. The highest BCUT2D eigenvalue weighted by Gasteiger charge is 1.97. The van der Waals surface area contributed by atoms with E-state index in [4.69, 9.17) is 9.90 Å². The van der Waals surface area contributed by atoms with Crippen molar-refractivity contribution in [3.05, 3.63) is 30.5 Å². The Hall–Kier alpha value is -1.97. The number of aromatic nitrogens is 1. The van der Waals surface area contributed by atoms with Crippen molar-refractivity contribution in [2.24, 2.45) is 0 Å². The molecule has 1 aromatic heterocycles. The van der Waals surface area contributed by atoms with Gasteiger partial charge in [0, 0.05) is 24.0 Å². The molecule has 3 N–H and O–H groups in total. The van der Waals surface area contributed by atoms with Crippen LogP contribution < -0.4 is 0 Å². The molecule has 0 fully saturated rings. The maximum atomic E-state index is 9.18. The van der Waals surface area contributed by atoms with Crippen molar-refractivity contribution < 1.29 is 15.0 Å². The summed E-state index contributed by atoms with van der Waals surface area (Å²) >= 11 is 0. The molecule has 0 saturated heterocycles. The average Bonchev–Trinajstić information content (AvgIpc) is 2.48. The minimum Gasteiger partial charge on any atom is -0.506 e. The second kappa shape index (κ2) is 4.32. The standard InChI is InChI=1S/C8H7NO.C2H4O2/c10-8-5-9-7-4-2-1-3-6(7)8;1-2(3)4/h1-5,9-10H;1H3,(H,3,4). The molecule has 2 rings (SSSR count). The fourth-order valence-corrected chi connectivity index (χ4v) is 1.06. The molecule has 1 heterocycles. The number of carboxylic acid groups (broad SMARTS) is 1. The lowest BCUT2D eigenvalue weighted by atomic mass is 10.2. The fourth-order valence-electron chi connectivity index (χ4n) is 1.06. The van der Waals surface area contributed by atoms with Crippen LogP contribution in [0.4, 0.5) is 0 Å². The van der Waals surface area contributed by atoms with Gasteiger partial charge in [-0.05, 0) is 12.1 Å². The molecule has 1 aromatic carbocycles. The molecule has 0 aliphatic rings. The number of rotatable bonds is 0. The molecule has 0 aliphatic carbocycles. The lowest BCUT2D eigenvalue weighted by molar-refractivity contribution is -0.134. The van der Waals surface area contributed by atoms with Crippen molar-refractivity contribution in [3.63, 3.8) is 0 Å². The van der Waals surface area contributed by atoms with E-state index in [1.165, 1.54) is 0 Å². The first kappa shape index (κ1) is 10.1. The number of aliphatic carboxylic acids is 1. The number of para-hydroxylation sites is 1. The quantitative estimate of drug-likeness (QED) is 0.598. The monoisotopic (exact) mass is 193 g/mol. The van der Waals surface area contributed by atoms with Crippen LogP contribution in [-0.2, 0) is 4.79 Å². The number of fused-ring (bicyclic) bond motifs is 1. The Kier molecular flexibility index (Phi) is 3.12. The number of benzene rings is 1. The van der Waals surface area contributed by atoms with Gasteiger partial charge in [0.15, 0.2) is 0 Å². The fraction of sp³-hybridized carbons (Fsp3) is 0.100. The molecule has 0 amide bonds. The number of aromatic hydroxyl groups is 1. The van der Waals surface area contributed by atoms with E-state index in [0.717, 1.165) is 17.8 Å². The number of nitrogens with one attached hydrogen (secondary N) is 1. The molecule has 0 aliphatic heterocycles. The summed E-state index contributed by atoms with van der Waals surface area (Å²) in [5.74, 6) is -0.518. The van der Waals surface area contributed by atoms with Crippen LogP contribution in [0.25, 0.3) is 10.9 Å². The minimum atomic E-state index is -0.833. The summed E-state index contributed by atoms with van der Waals surface area (Å²) in [6, 6.07) is 7.63. The second-order valence-corrected chi connectivity index (χ2v) is 2.74. The predicted molar refractivity (Wildman–Crippen MR) is 53.3 cm³/mol. The van der Waals surface area contributed by atoms with Crippen molar-refractivity contribution in [2.75, 3.05) is 0 Å². The van der Waals surface area contributed by atoms with Gasteiger partial charge in [-0.25, -0.2) is 0 Å². The summed E-state index contributed by atoms with van der Waals surface area (Å²) < 4.78 is 0. The van der Waals surface area contributed by atoms with Gasteiger partial charge in [0.2, 0.25) is 0 Å². The van der Waals surface area contributed by atoms with Crippen molar-refractivity contribution in [1.29, 1.82) is 0 Å². The van der Waals surface area contributed by atoms with Gasteiger partial charge in [-0.15, -0.1) is 0 Å². The van der Waals surface area contributed by atoms with Gasteiger partial charge in [0.1, 0.15) is 5.75 Å². The zero-order valence-electron chi connectivity index (χ0n) is 7.69. The maximum Gasteiger partial charge on any atom is 0.300 e. The van der Waals surface area contributed by atoms with Crippen LogP contribution in [0, 0.1) is 0 Å². The third-order valence-corrected chi connectivity index (χ3v) is 1.57. The molecule has 0 atom stereocenters. The second-order valence-electron chi connectivity index (χ2n) is 2.74. The lowest BCUT2D eigenvalue weighted by Gasteiger charge is -1.86. The van der Waals surface area contributed by atoms with Gasteiger partial charge in [0.05, 0.1) is 0 Å². The van der Waals surface area contributed by atoms with Crippen LogP contribution in [-0.4, -0.2) is 21.2 Å². The van der Waals surface area contributed by atoms with Crippen LogP contribution in [0.5, 0.6) is 5.75 Å². The van der Waals surface area contributed by atoms with E-state index in [1.807, 2.05) is 24.3 Å². The highest BCUT2D eigenvalue weighted by atomic mass is 16.4. The Morgan fingerprint density at radius 2 is 1.93 bits per heavy atom. The Labute approximate surface area is 80.8 Å². The summed E-state index contributed by atoms with van der Waals surface area (Å²) in [7, 11) is 0. The number of hydrogen-bond donors (Lipinski definition) is 3. The first-order valence-electron chi connectivity index (χ1n) is 4.06. The van der Waals surface area contributed by atoms with Crippen molar-refractivity contribution in [2.45, 2.75) is 6.92 Å². The van der Waals surface area contributed by atoms with Crippen LogP contribution in [0.3, 0.4) is 0 Å². The molecule has 0 spiro atoms. The minimum absolute atomic E-state index is 0.315. The number of carbonyl (C=O) groups is 1. The molecule has 0 radical (unpaired) electrons. The Balaban J connectivity index is 0.000000213. The molecule has 0 bridgehead atoms. The smallest absolute Gasteiger partial charge is 0.300 e. The molecule has 0 unspecified atom stereocenters. The number of hydrogen-bond acceptors (Lipinski definition) is 2. The first-order chi connectivity index (χ1) is 6.61. The molecule has 14 heavy (non-hydrogen) atoms. The van der Waals surface area contributed by atoms with Crippen LogP contribution in [0.2, 0.25) is 0 Å². The van der Waals surface area contributed by atoms with E-state index in [2.05, 4.69) is 4.98 Å². The van der Waals surface area contributed by atoms with Crippen molar-refractivity contribution >= 4 is 16.9 Å². The molecule has 2 aromatic rings. The molecular formula is C10H11NO3. The topological polar surface area (TPSA) is 73.3 Å². The third-order valence-electron chi connectivity index (χ3n) is 1.57. The summed E-state index contributed by atoms with van der Waals surface area (Å²) in [5, 5.41) is 17.5. The molecule has 0 saturated carbocycles. The van der Waals surface area contributed by atoms with E-state index in [0.29, 0.717) is 5.75 Å². The number of H-pyrrole nitrogens is 1. The summed E-state index contributed by atoms with van der Waals surface area (Å²) in [6.07, 6.45) is 1.59. The van der Waals surface area contributed by atoms with Gasteiger partial charge >= 0.3 is 0 Å². The maximum absolute atomic E-state index is 9.18. The highest BCUT2D eigenvalue weighted by molar-refractivity contribution is 5.85. The van der Waals surface area contributed by atoms with E-state index in [1.54, 1.807) is 6.20 Å². The van der Waals surface area contributed by atoms with Gasteiger partial charge in [-0.3, -0.25) is 4.79 Å². The van der Waals surface area contributed by atoms with Gasteiger partial charge in [0.25, 0.3) is 5.97 Å². The summed E-state index contributed by atoms with van der Waals surface area (Å²) in [6.45, 7) is 1.08. The van der Waals surface area contributed by atoms with Gasteiger partial charge in [-0.1, -0.05) is 12.1 Å². The number of carboxylic acids is 1. The van der Waals surface area contributed by atoms with Gasteiger partial charge < -0.3 is 15.2 Å². The Morgan fingerprint density at radius 3 is 2.50 bits per heavy atom. The normalized spacial score (nSPS) is 9.21. The zero-order chi connectivity index (χ0) is 10.6. The van der Waals surface area contributed by atoms with E-state index >= 15 is 0 Å². The zero-order valence-corrected chi connectivity index (χ0v) is 7.69. The van der Waals surface area contributed by atoms with Crippen LogP contribution >= 0.6 is 0 Å². The average molecular weight is 193 g/mol. The highest BCUT2D eigenvalue weighted by Crippen LogP contribution is 2.22. The van der Waals surface area contributed by atoms with Crippen LogP contribution in [0.1, 0.15) is 6.92 Å². The first-order valence-corrected chi connectivity index (χ1v) is 4.06. The Morgan fingerprint density at radius 1 is 1.36 bits per heavy atom. The molecule has 74 valence electrons. The molecular weight excluding hydrogens is 182 g/mol. The van der Waals surface area contributed by atoms with Crippen molar-refractivity contribution in [3.8, 4) is 5.75 Å². The third kappa shape index (κ3) is 2.52. The Bertz CT molecular complexity index is 430. The van der Waals surface area contributed by atoms with E-state index in [-0.39, 0.29) is 0 Å². The molecule has 4 heteroatoms. The summed E-state index contributed by atoms with van der Waals surface area (Å²) in [4.78, 5) is 11.9. The van der Waals surface area contributed by atoms with Crippen LogP contribution in [0.15, 0.2) is 30.5 Å². The van der Waals surface area contributed by atoms with E-state index in [9.17, 15) is 5.11 Å². The van der Waals surface area contributed by atoms with Crippen molar-refractivity contribution in [1.82, 2.24) is 4.98 Å². The van der Waals surface area contributed by atoms with E-state index < -0.39 is 5.97 Å². The summed E-state index contributed by atoms with van der Waals surface area (Å²) in [5.41, 5.74) is 0.972. The largest absolute Gasteiger partial charge is 0.506 e. The molecule has 4 nitrogen and oxygen atoms in total. The predicted octanol–water partition coefficient (Wildman–Crippen LogP) is 1.96. The van der Waals surface area contributed by atoms with Gasteiger partial charge in [-0.2, -0.15) is 0 Å².